The number of rotatable bonds is 6. The van der Waals surface area contributed by atoms with Crippen molar-refractivity contribution in [3.05, 3.63) is 71.8 Å². The summed E-state index contributed by atoms with van der Waals surface area (Å²) in [6.07, 6.45) is 2.36. The fourth-order valence-electron chi connectivity index (χ4n) is 2.74. The maximum absolute atomic E-state index is 12.2. The lowest BCUT2D eigenvalue weighted by atomic mass is 10.1. The monoisotopic (exact) mass is 402 g/mol. The summed E-state index contributed by atoms with van der Waals surface area (Å²) < 4.78 is 10.8. The molecule has 0 radical (unpaired) electrons. The van der Waals surface area contributed by atoms with Gasteiger partial charge in [0.2, 0.25) is 0 Å². The second-order valence-electron chi connectivity index (χ2n) is 8.05. The molecule has 2 aromatic rings. The Bertz CT molecular complexity index is 843. The van der Waals surface area contributed by atoms with E-state index in [0.29, 0.717) is 12.8 Å². The van der Waals surface area contributed by atoms with Gasteiger partial charge in [-0.15, -0.1) is 0 Å². The van der Waals surface area contributed by atoms with Gasteiger partial charge in [-0.2, -0.15) is 0 Å². The lowest BCUT2D eigenvalue weighted by Crippen LogP contribution is -2.32. The summed E-state index contributed by atoms with van der Waals surface area (Å²) in [4.78, 5) is 12.2. The van der Waals surface area contributed by atoms with Crippen LogP contribution in [0.1, 0.15) is 51.7 Å². The molecule has 0 unspecified atom stereocenters. The summed E-state index contributed by atoms with van der Waals surface area (Å²) in [6.45, 7) is 7.01. The first-order valence-electron chi connectivity index (χ1n) is 10.3. The molecular formula is C27H30O3. The number of carbonyl (C=O) groups is 1. The number of aryl methyl sites for hydroxylation is 2. The zero-order valence-electron chi connectivity index (χ0n) is 18.3. The second-order valence-corrected chi connectivity index (χ2v) is 8.05. The Labute approximate surface area is 180 Å². The van der Waals surface area contributed by atoms with Crippen molar-refractivity contribution in [3.63, 3.8) is 0 Å². The summed E-state index contributed by atoms with van der Waals surface area (Å²) in [5.41, 5.74) is 0.616. The van der Waals surface area contributed by atoms with Gasteiger partial charge in [0.25, 0.3) is 0 Å². The first kappa shape index (κ1) is 23.1. The third kappa shape index (κ3) is 9.35. The molecule has 3 nitrogen and oxygen atoms in total. The first-order chi connectivity index (χ1) is 14.3. The molecule has 0 aromatic heterocycles. The molecule has 0 N–H and O–H groups in total. The van der Waals surface area contributed by atoms with Crippen molar-refractivity contribution < 1.29 is 14.3 Å². The largest absolute Gasteiger partial charge is 0.511 e. The van der Waals surface area contributed by atoms with Crippen LogP contribution in [0, 0.1) is 23.7 Å². The summed E-state index contributed by atoms with van der Waals surface area (Å²) in [5.74, 6) is 12.2. The van der Waals surface area contributed by atoms with Crippen LogP contribution in [0.15, 0.2) is 60.7 Å². The average molecular weight is 403 g/mol. The van der Waals surface area contributed by atoms with Crippen molar-refractivity contribution >= 4 is 6.16 Å². The smallest absolute Gasteiger partial charge is 0.415 e. The number of benzene rings is 2. The van der Waals surface area contributed by atoms with Crippen molar-refractivity contribution in [2.24, 2.45) is 0 Å². The van der Waals surface area contributed by atoms with Gasteiger partial charge in [0.1, 0.15) is 0 Å². The molecule has 0 atom stereocenters. The molecule has 0 saturated carbocycles. The molecule has 3 heteroatoms. The predicted molar refractivity (Wildman–Crippen MR) is 121 cm³/mol. The third-order valence-corrected chi connectivity index (χ3v) is 4.22. The number of hydrogen-bond donors (Lipinski definition) is 0. The minimum atomic E-state index is -0.926. The van der Waals surface area contributed by atoms with Gasteiger partial charge in [-0.05, 0) is 51.7 Å². The Morgan fingerprint density at radius 1 is 0.700 bits per heavy atom. The summed E-state index contributed by atoms with van der Waals surface area (Å²) in [6, 6.07) is 20.3. The van der Waals surface area contributed by atoms with Crippen molar-refractivity contribution in [3.8, 4) is 23.7 Å². The van der Waals surface area contributed by atoms with E-state index in [4.69, 9.17) is 9.47 Å². The Morgan fingerprint density at radius 2 is 1.07 bits per heavy atom. The highest BCUT2D eigenvalue weighted by Gasteiger charge is 2.26. The number of carbonyl (C=O) groups excluding carboxylic acids is 1. The van der Waals surface area contributed by atoms with Gasteiger partial charge < -0.3 is 9.47 Å². The Morgan fingerprint density at radius 3 is 1.43 bits per heavy atom. The van der Waals surface area contributed by atoms with Crippen molar-refractivity contribution in [1.29, 1.82) is 0 Å². The van der Waals surface area contributed by atoms with Crippen LogP contribution >= 0.6 is 0 Å². The van der Waals surface area contributed by atoms with E-state index in [0.717, 1.165) is 12.8 Å². The molecule has 0 bridgehead atoms. The van der Waals surface area contributed by atoms with E-state index in [1.165, 1.54) is 11.1 Å². The van der Waals surface area contributed by atoms with Crippen LogP contribution in [0.3, 0.4) is 0 Å². The van der Waals surface area contributed by atoms with E-state index < -0.39 is 17.4 Å². The molecule has 2 rings (SSSR count). The van der Waals surface area contributed by atoms with Crippen LogP contribution in [0.25, 0.3) is 0 Å². The first-order valence-corrected chi connectivity index (χ1v) is 10.3. The highest BCUT2D eigenvalue weighted by Crippen LogP contribution is 2.15. The van der Waals surface area contributed by atoms with E-state index in [1.54, 1.807) is 27.7 Å². The maximum atomic E-state index is 12.2. The molecular weight excluding hydrogens is 372 g/mol. The van der Waals surface area contributed by atoms with Gasteiger partial charge in [0.05, 0.1) is 0 Å². The number of ether oxygens (including phenoxy) is 2. The lowest BCUT2D eigenvalue weighted by molar-refractivity contribution is -0.0230. The summed E-state index contributed by atoms with van der Waals surface area (Å²) in [5, 5.41) is 0. The van der Waals surface area contributed by atoms with Crippen molar-refractivity contribution in [2.45, 2.75) is 64.6 Å². The van der Waals surface area contributed by atoms with Crippen LogP contribution in [0.2, 0.25) is 0 Å². The molecule has 30 heavy (non-hydrogen) atoms. The minimum absolute atomic E-state index is 0.699. The Kier molecular flexibility index (Phi) is 8.57. The molecule has 0 fully saturated rings. The molecule has 0 amide bonds. The predicted octanol–water partition coefficient (Wildman–Crippen LogP) is 5.97. The van der Waals surface area contributed by atoms with E-state index in [1.807, 2.05) is 36.4 Å². The molecule has 2 aromatic carbocycles. The van der Waals surface area contributed by atoms with Crippen LogP contribution in [0.5, 0.6) is 0 Å². The van der Waals surface area contributed by atoms with E-state index in [-0.39, 0.29) is 0 Å². The van der Waals surface area contributed by atoms with Gasteiger partial charge in [-0.1, -0.05) is 84.3 Å². The highest BCUT2D eigenvalue weighted by atomic mass is 16.7. The third-order valence-electron chi connectivity index (χ3n) is 4.22. The normalized spacial score (nSPS) is 10.8. The van der Waals surface area contributed by atoms with Gasteiger partial charge >= 0.3 is 6.16 Å². The lowest BCUT2D eigenvalue weighted by Gasteiger charge is -2.23. The molecule has 0 saturated heterocycles. The molecule has 156 valence electrons. The van der Waals surface area contributed by atoms with Gasteiger partial charge in [0.15, 0.2) is 11.2 Å². The fourth-order valence-corrected chi connectivity index (χ4v) is 2.74. The summed E-state index contributed by atoms with van der Waals surface area (Å²) >= 11 is 0. The average Bonchev–Trinajstić information content (AvgIpc) is 2.69. The number of hydrogen-bond acceptors (Lipinski definition) is 3. The van der Waals surface area contributed by atoms with Crippen molar-refractivity contribution in [2.75, 3.05) is 0 Å². The quantitative estimate of drug-likeness (QED) is 0.441. The van der Waals surface area contributed by atoms with E-state index in [2.05, 4.69) is 47.9 Å². The fraction of sp³-hybridized carbons (Fsp3) is 0.370. The zero-order chi connectivity index (χ0) is 21.9. The SMILES string of the molecule is CC(C)(C#CCCc1ccccc1)OC(=O)OC(C)(C)C#CCCc1ccccc1. The Balaban J connectivity index is 1.78. The molecule has 0 aliphatic heterocycles. The van der Waals surface area contributed by atoms with Crippen LogP contribution in [0.4, 0.5) is 4.79 Å². The molecule has 0 aliphatic carbocycles. The molecule has 0 aliphatic rings. The topological polar surface area (TPSA) is 35.5 Å². The van der Waals surface area contributed by atoms with Crippen molar-refractivity contribution in [1.82, 2.24) is 0 Å². The van der Waals surface area contributed by atoms with Crippen LogP contribution in [-0.4, -0.2) is 17.4 Å². The van der Waals surface area contributed by atoms with Crippen LogP contribution < -0.4 is 0 Å². The molecule has 0 spiro atoms. The summed E-state index contributed by atoms with van der Waals surface area (Å²) in [7, 11) is 0. The van der Waals surface area contributed by atoms with Gasteiger partial charge in [-0.25, -0.2) is 4.79 Å². The van der Waals surface area contributed by atoms with Gasteiger partial charge in [-0.3, -0.25) is 0 Å². The van der Waals surface area contributed by atoms with E-state index >= 15 is 0 Å². The van der Waals surface area contributed by atoms with Crippen LogP contribution in [-0.2, 0) is 22.3 Å². The Hall–Kier alpha value is -3.17. The highest BCUT2D eigenvalue weighted by molar-refractivity contribution is 5.62. The zero-order valence-corrected chi connectivity index (χ0v) is 18.3. The second kappa shape index (κ2) is 11.1. The van der Waals surface area contributed by atoms with Gasteiger partial charge in [0, 0.05) is 12.8 Å². The standard InChI is InChI=1S/C27H30O3/c1-26(2,21-13-11-19-23-15-7-5-8-16-23)29-25(28)30-27(3,4)22-14-12-20-24-17-9-6-10-18-24/h5-10,15-18H,11-12,19-20H2,1-4H3. The van der Waals surface area contributed by atoms with E-state index in [9.17, 15) is 4.79 Å². The maximum Gasteiger partial charge on any atom is 0.511 e. The molecule has 0 heterocycles. The minimum Gasteiger partial charge on any atom is -0.415 e.